The molecule has 1 aliphatic rings. The number of hydrogen-bond acceptors (Lipinski definition) is 3. The van der Waals surface area contributed by atoms with Crippen molar-refractivity contribution < 1.29 is 9.47 Å². The third kappa shape index (κ3) is 3.30. The Hall–Kier alpha value is -0.900. The summed E-state index contributed by atoms with van der Waals surface area (Å²) in [5.41, 5.74) is 1.33. The Balaban J connectivity index is 1.79. The first-order chi connectivity index (χ1) is 7.34. The minimum absolute atomic E-state index is 0.219. The van der Waals surface area contributed by atoms with Gasteiger partial charge in [0.1, 0.15) is 0 Å². The van der Waals surface area contributed by atoms with Crippen LogP contribution in [0, 0.1) is 0 Å². The molecule has 3 nitrogen and oxygen atoms in total. The molecule has 1 heterocycles. The van der Waals surface area contributed by atoms with Gasteiger partial charge < -0.3 is 9.47 Å². The van der Waals surface area contributed by atoms with Crippen LogP contribution in [0.25, 0.3) is 0 Å². The van der Waals surface area contributed by atoms with E-state index < -0.39 is 0 Å². The van der Waals surface area contributed by atoms with Crippen molar-refractivity contribution in [3.05, 3.63) is 35.9 Å². The molecular weight excluding hydrogens is 190 g/mol. The Morgan fingerprint density at radius 1 is 1.27 bits per heavy atom. The fourth-order valence-electron chi connectivity index (χ4n) is 1.71. The van der Waals surface area contributed by atoms with Crippen LogP contribution in [0.15, 0.2) is 30.3 Å². The number of nitrogens with one attached hydrogen (secondary N) is 1. The normalized spacial score (nSPS) is 19.3. The molecule has 2 rings (SSSR count). The van der Waals surface area contributed by atoms with Gasteiger partial charge in [-0.1, -0.05) is 30.3 Å². The molecule has 1 saturated heterocycles. The van der Waals surface area contributed by atoms with E-state index in [1.54, 1.807) is 0 Å². The Morgan fingerprint density at radius 3 is 2.60 bits per heavy atom. The SMILES string of the molecule is CC(Cc1ccccc1)NC1OCCO1. The van der Waals surface area contributed by atoms with Crippen LogP contribution in [0.5, 0.6) is 0 Å². The lowest BCUT2D eigenvalue weighted by molar-refractivity contribution is -0.0724. The standard InChI is InChI=1S/C12H17NO2/c1-10(13-12-14-7-8-15-12)9-11-5-3-2-4-6-11/h2-6,10,12-13H,7-9H2,1H3. The highest BCUT2D eigenvalue weighted by molar-refractivity contribution is 5.15. The van der Waals surface area contributed by atoms with Gasteiger partial charge in [0, 0.05) is 6.04 Å². The number of hydrogen-bond donors (Lipinski definition) is 1. The van der Waals surface area contributed by atoms with E-state index in [1.807, 2.05) is 6.07 Å². The molecule has 1 N–H and O–H groups in total. The van der Waals surface area contributed by atoms with Crippen molar-refractivity contribution in [2.75, 3.05) is 13.2 Å². The molecule has 0 bridgehead atoms. The van der Waals surface area contributed by atoms with Gasteiger partial charge >= 0.3 is 0 Å². The first kappa shape index (κ1) is 10.6. The first-order valence-electron chi connectivity index (χ1n) is 5.38. The second-order valence-electron chi connectivity index (χ2n) is 3.83. The van der Waals surface area contributed by atoms with Crippen LogP contribution in [0.1, 0.15) is 12.5 Å². The van der Waals surface area contributed by atoms with Crippen molar-refractivity contribution >= 4 is 0 Å². The summed E-state index contributed by atoms with van der Waals surface area (Å²) in [6.45, 7) is 3.52. The van der Waals surface area contributed by atoms with Gasteiger partial charge in [-0.25, -0.2) is 0 Å². The van der Waals surface area contributed by atoms with Gasteiger partial charge in [0.2, 0.25) is 6.41 Å². The molecule has 1 unspecified atom stereocenters. The first-order valence-corrected chi connectivity index (χ1v) is 5.38. The molecular formula is C12H17NO2. The van der Waals surface area contributed by atoms with Crippen molar-refractivity contribution in [3.63, 3.8) is 0 Å². The predicted molar refractivity (Wildman–Crippen MR) is 58.4 cm³/mol. The van der Waals surface area contributed by atoms with Crippen molar-refractivity contribution in [3.8, 4) is 0 Å². The monoisotopic (exact) mass is 207 g/mol. The minimum Gasteiger partial charge on any atom is -0.337 e. The third-order valence-electron chi connectivity index (χ3n) is 2.43. The average molecular weight is 207 g/mol. The predicted octanol–water partition coefficient (Wildman–Crippen LogP) is 1.54. The van der Waals surface area contributed by atoms with Crippen LogP contribution in [0.3, 0.4) is 0 Å². The van der Waals surface area contributed by atoms with Gasteiger partial charge in [0.15, 0.2) is 0 Å². The quantitative estimate of drug-likeness (QED) is 0.812. The van der Waals surface area contributed by atoms with Gasteiger partial charge in [0.05, 0.1) is 13.2 Å². The van der Waals surface area contributed by atoms with Crippen LogP contribution in [-0.4, -0.2) is 25.7 Å². The zero-order chi connectivity index (χ0) is 10.5. The second kappa shape index (κ2) is 5.26. The van der Waals surface area contributed by atoms with E-state index in [0.717, 1.165) is 6.42 Å². The Labute approximate surface area is 90.4 Å². The highest BCUT2D eigenvalue weighted by Gasteiger charge is 2.17. The topological polar surface area (TPSA) is 30.5 Å². The van der Waals surface area contributed by atoms with Crippen molar-refractivity contribution in [1.29, 1.82) is 0 Å². The molecule has 0 aliphatic carbocycles. The van der Waals surface area contributed by atoms with Crippen molar-refractivity contribution in [2.45, 2.75) is 25.8 Å². The minimum atomic E-state index is -0.219. The number of benzene rings is 1. The molecule has 3 heteroatoms. The maximum absolute atomic E-state index is 5.33. The van der Waals surface area contributed by atoms with E-state index in [2.05, 4.69) is 36.5 Å². The molecule has 0 aromatic heterocycles. The molecule has 0 radical (unpaired) electrons. The van der Waals surface area contributed by atoms with E-state index in [-0.39, 0.29) is 6.41 Å². The zero-order valence-corrected chi connectivity index (χ0v) is 8.98. The van der Waals surface area contributed by atoms with Crippen molar-refractivity contribution in [2.24, 2.45) is 0 Å². The van der Waals surface area contributed by atoms with E-state index in [4.69, 9.17) is 9.47 Å². The zero-order valence-electron chi connectivity index (χ0n) is 8.98. The van der Waals surface area contributed by atoms with Crippen LogP contribution in [-0.2, 0) is 15.9 Å². The molecule has 1 aromatic rings. The average Bonchev–Trinajstić information content (AvgIpc) is 2.71. The third-order valence-corrected chi connectivity index (χ3v) is 2.43. The van der Waals surface area contributed by atoms with Crippen molar-refractivity contribution in [1.82, 2.24) is 5.32 Å². The number of rotatable bonds is 4. The van der Waals surface area contributed by atoms with Crippen LogP contribution in [0.4, 0.5) is 0 Å². The molecule has 1 fully saturated rings. The molecule has 1 aliphatic heterocycles. The van der Waals surface area contributed by atoms with Gasteiger partial charge in [0.25, 0.3) is 0 Å². The molecule has 15 heavy (non-hydrogen) atoms. The Bertz CT molecular complexity index is 283. The fourth-order valence-corrected chi connectivity index (χ4v) is 1.71. The van der Waals surface area contributed by atoms with E-state index in [9.17, 15) is 0 Å². The molecule has 1 aromatic carbocycles. The maximum Gasteiger partial charge on any atom is 0.216 e. The second-order valence-corrected chi connectivity index (χ2v) is 3.83. The Kier molecular flexibility index (Phi) is 3.72. The summed E-state index contributed by atoms with van der Waals surface area (Å²) < 4.78 is 10.7. The summed E-state index contributed by atoms with van der Waals surface area (Å²) in [4.78, 5) is 0. The lowest BCUT2D eigenvalue weighted by Crippen LogP contribution is -2.38. The molecule has 0 spiro atoms. The summed E-state index contributed by atoms with van der Waals surface area (Å²) in [6, 6.07) is 10.8. The lowest BCUT2D eigenvalue weighted by atomic mass is 10.1. The molecule has 1 atom stereocenters. The summed E-state index contributed by atoms with van der Waals surface area (Å²) in [5.74, 6) is 0. The van der Waals surface area contributed by atoms with E-state index in [0.29, 0.717) is 19.3 Å². The van der Waals surface area contributed by atoms with Gasteiger partial charge in [-0.15, -0.1) is 0 Å². The van der Waals surface area contributed by atoms with E-state index in [1.165, 1.54) is 5.56 Å². The molecule has 0 amide bonds. The summed E-state index contributed by atoms with van der Waals surface area (Å²) in [7, 11) is 0. The molecule has 0 saturated carbocycles. The summed E-state index contributed by atoms with van der Waals surface area (Å²) >= 11 is 0. The van der Waals surface area contributed by atoms with Gasteiger partial charge in [-0.2, -0.15) is 0 Å². The number of ether oxygens (including phenoxy) is 2. The van der Waals surface area contributed by atoms with Gasteiger partial charge in [-0.05, 0) is 18.9 Å². The fraction of sp³-hybridized carbons (Fsp3) is 0.500. The molecule has 82 valence electrons. The van der Waals surface area contributed by atoms with E-state index >= 15 is 0 Å². The van der Waals surface area contributed by atoms with Crippen LogP contribution in [0.2, 0.25) is 0 Å². The Morgan fingerprint density at radius 2 is 1.93 bits per heavy atom. The summed E-state index contributed by atoms with van der Waals surface area (Å²) in [6.07, 6.45) is 0.771. The maximum atomic E-state index is 5.33. The van der Waals surface area contributed by atoms with Gasteiger partial charge in [-0.3, -0.25) is 5.32 Å². The highest BCUT2D eigenvalue weighted by Crippen LogP contribution is 2.06. The smallest absolute Gasteiger partial charge is 0.216 e. The summed E-state index contributed by atoms with van der Waals surface area (Å²) in [5, 5.41) is 3.28. The lowest BCUT2D eigenvalue weighted by Gasteiger charge is -2.17. The largest absolute Gasteiger partial charge is 0.337 e. The van der Waals surface area contributed by atoms with Crippen LogP contribution >= 0.6 is 0 Å². The van der Waals surface area contributed by atoms with Crippen LogP contribution < -0.4 is 5.32 Å². The highest BCUT2D eigenvalue weighted by atomic mass is 16.7.